The molecule has 8 heteroatoms. The van der Waals surface area contributed by atoms with Crippen LogP contribution in [0.4, 0.5) is 0 Å². The van der Waals surface area contributed by atoms with Gasteiger partial charge >= 0.3 is 0 Å². The number of aromatic nitrogens is 1. The average Bonchev–Trinajstić information content (AvgIpc) is 3.03. The largest absolute Gasteiger partial charge is 0.507 e. The summed E-state index contributed by atoms with van der Waals surface area (Å²) < 4.78 is 15.8. The number of hydrogen-bond acceptors (Lipinski definition) is 7. The van der Waals surface area contributed by atoms with E-state index >= 15 is 0 Å². The van der Waals surface area contributed by atoms with Crippen LogP contribution in [0.3, 0.4) is 0 Å². The number of methoxy groups -OCH3 is 3. The van der Waals surface area contributed by atoms with E-state index in [-0.39, 0.29) is 11.3 Å². The van der Waals surface area contributed by atoms with Crippen molar-refractivity contribution >= 4 is 17.4 Å². The number of pyridine rings is 1. The molecule has 1 atom stereocenters. The smallest absolute Gasteiger partial charge is 0.295 e. The van der Waals surface area contributed by atoms with Crippen molar-refractivity contribution < 1.29 is 28.9 Å². The monoisotopic (exact) mass is 412 g/mol. The fraction of sp³-hybridized carbons (Fsp3) is 0.318. The van der Waals surface area contributed by atoms with Gasteiger partial charge < -0.3 is 24.2 Å². The Labute approximate surface area is 174 Å². The van der Waals surface area contributed by atoms with E-state index in [1.54, 1.807) is 37.4 Å². The van der Waals surface area contributed by atoms with Crippen molar-refractivity contribution in [3.63, 3.8) is 0 Å². The first-order chi connectivity index (χ1) is 14.5. The van der Waals surface area contributed by atoms with Crippen LogP contribution in [-0.2, 0) is 14.3 Å². The van der Waals surface area contributed by atoms with Crippen LogP contribution in [0.1, 0.15) is 23.6 Å². The maximum Gasteiger partial charge on any atom is 0.295 e. The van der Waals surface area contributed by atoms with Crippen molar-refractivity contribution in [1.82, 2.24) is 9.88 Å². The van der Waals surface area contributed by atoms with E-state index in [9.17, 15) is 14.7 Å². The van der Waals surface area contributed by atoms with E-state index < -0.39 is 17.7 Å². The Balaban J connectivity index is 2.15. The van der Waals surface area contributed by atoms with Crippen molar-refractivity contribution in [2.75, 3.05) is 34.5 Å². The Hall–Kier alpha value is -3.39. The predicted molar refractivity (Wildman–Crippen MR) is 109 cm³/mol. The number of aliphatic hydroxyl groups is 1. The van der Waals surface area contributed by atoms with Crippen molar-refractivity contribution in [2.45, 2.75) is 12.5 Å². The number of hydrogen-bond donors (Lipinski definition) is 1. The molecule has 158 valence electrons. The van der Waals surface area contributed by atoms with E-state index in [1.165, 1.54) is 31.5 Å². The zero-order valence-electron chi connectivity index (χ0n) is 17.1. The summed E-state index contributed by atoms with van der Waals surface area (Å²) in [5.41, 5.74) is 1.06. The second kappa shape index (κ2) is 9.41. The Morgan fingerprint density at radius 3 is 2.40 bits per heavy atom. The molecule has 0 radical (unpaired) electrons. The minimum atomic E-state index is -0.769. The maximum atomic E-state index is 12.9. The maximum absolute atomic E-state index is 12.9. The number of Topliss-reactive ketones (excluding diaryl/α,β-unsaturated/α-hetero) is 1. The summed E-state index contributed by atoms with van der Waals surface area (Å²) in [5, 5.41) is 10.9. The van der Waals surface area contributed by atoms with Crippen LogP contribution in [0.15, 0.2) is 48.3 Å². The first kappa shape index (κ1) is 21.3. The van der Waals surface area contributed by atoms with E-state index in [0.29, 0.717) is 42.2 Å². The van der Waals surface area contributed by atoms with E-state index in [1.807, 2.05) is 0 Å². The van der Waals surface area contributed by atoms with Gasteiger partial charge in [-0.25, -0.2) is 0 Å². The number of carbonyl (C=O) groups excluding carboxylic acids is 2. The molecular weight excluding hydrogens is 388 g/mol. The molecule has 0 aliphatic carbocycles. The number of aliphatic hydroxyl groups excluding tert-OH is 1. The highest BCUT2D eigenvalue weighted by atomic mass is 16.5. The molecule has 0 spiro atoms. The summed E-state index contributed by atoms with van der Waals surface area (Å²) >= 11 is 0. The SMILES string of the molecule is COCCCN1C(=O)C(=O)/C(=C(/O)c2ccncc2)C1c1ccc(OC)c(OC)c1. The quantitative estimate of drug-likeness (QED) is 0.308. The average molecular weight is 412 g/mol. The fourth-order valence-electron chi connectivity index (χ4n) is 3.52. The lowest BCUT2D eigenvalue weighted by atomic mass is 9.95. The molecule has 2 aromatic rings. The van der Waals surface area contributed by atoms with Gasteiger partial charge in [0.2, 0.25) is 0 Å². The van der Waals surface area contributed by atoms with Crippen molar-refractivity contribution in [3.05, 3.63) is 59.4 Å². The Morgan fingerprint density at radius 2 is 1.77 bits per heavy atom. The second-order valence-corrected chi connectivity index (χ2v) is 6.69. The van der Waals surface area contributed by atoms with Crippen molar-refractivity contribution in [1.29, 1.82) is 0 Å². The zero-order chi connectivity index (χ0) is 21.7. The third-order valence-corrected chi connectivity index (χ3v) is 4.96. The molecule has 1 aliphatic rings. The minimum absolute atomic E-state index is 0.0239. The van der Waals surface area contributed by atoms with Crippen LogP contribution in [-0.4, -0.2) is 61.2 Å². The first-order valence-corrected chi connectivity index (χ1v) is 9.43. The number of likely N-dealkylation sites (tertiary alicyclic amines) is 1. The first-order valence-electron chi connectivity index (χ1n) is 9.43. The topological polar surface area (TPSA) is 98.2 Å². The third-order valence-electron chi connectivity index (χ3n) is 4.96. The Bertz CT molecular complexity index is 957. The Morgan fingerprint density at radius 1 is 1.07 bits per heavy atom. The molecule has 30 heavy (non-hydrogen) atoms. The highest BCUT2D eigenvalue weighted by molar-refractivity contribution is 6.46. The van der Waals surface area contributed by atoms with Crippen LogP contribution in [0, 0.1) is 0 Å². The van der Waals surface area contributed by atoms with Gasteiger partial charge in [-0.3, -0.25) is 14.6 Å². The molecule has 1 unspecified atom stereocenters. The highest BCUT2D eigenvalue weighted by Gasteiger charge is 2.46. The number of carbonyl (C=O) groups is 2. The molecule has 1 saturated heterocycles. The van der Waals surface area contributed by atoms with Crippen LogP contribution >= 0.6 is 0 Å². The van der Waals surface area contributed by atoms with Crippen LogP contribution in [0.5, 0.6) is 11.5 Å². The van der Waals surface area contributed by atoms with Gasteiger partial charge in [0.05, 0.1) is 25.8 Å². The molecule has 8 nitrogen and oxygen atoms in total. The molecule has 0 bridgehead atoms. The van der Waals surface area contributed by atoms with Crippen LogP contribution < -0.4 is 9.47 Å². The second-order valence-electron chi connectivity index (χ2n) is 6.69. The molecule has 1 fully saturated rings. The van der Waals surface area contributed by atoms with E-state index in [2.05, 4.69) is 4.98 Å². The van der Waals surface area contributed by atoms with E-state index in [0.717, 1.165) is 0 Å². The number of benzene rings is 1. The molecule has 1 aromatic carbocycles. The number of ether oxygens (including phenoxy) is 3. The van der Waals surface area contributed by atoms with Gasteiger partial charge in [-0.05, 0) is 36.2 Å². The van der Waals surface area contributed by atoms with Crippen molar-refractivity contribution in [2.24, 2.45) is 0 Å². The van der Waals surface area contributed by atoms with Gasteiger partial charge in [-0.1, -0.05) is 6.07 Å². The lowest BCUT2D eigenvalue weighted by molar-refractivity contribution is -0.140. The molecule has 1 N–H and O–H groups in total. The molecule has 1 aromatic heterocycles. The van der Waals surface area contributed by atoms with Crippen LogP contribution in [0.25, 0.3) is 5.76 Å². The van der Waals surface area contributed by atoms with E-state index in [4.69, 9.17) is 14.2 Å². The third kappa shape index (κ3) is 3.99. The molecule has 2 heterocycles. The summed E-state index contributed by atoms with van der Waals surface area (Å²) in [6.07, 6.45) is 3.56. The van der Waals surface area contributed by atoms with Gasteiger partial charge in [0.25, 0.3) is 11.7 Å². The van der Waals surface area contributed by atoms with Gasteiger partial charge in [0, 0.05) is 38.2 Å². The normalized spacial score (nSPS) is 18.0. The number of nitrogens with zero attached hydrogens (tertiary/aromatic N) is 2. The number of ketones is 1. The zero-order valence-corrected chi connectivity index (χ0v) is 17.1. The molecular formula is C22H24N2O6. The molecule has 1 aliphatic heterocycles. The molecule has 0 saturated carbocycles. The highest BCUT2D eigenvalue weighted by Crippen LogP contribution is 2.41. The summed E-state index contributed by atoms with van der Waals surface area (Å²) in [7, 11) is 4.61. The number of amides is 1. The summed E-state index contributed by atoms with van der Waals surface area (Å²) in [4.78, 5) is 31.1. The lowest BCUT2D eigenvalue weighted by Gasteiger charge is -2.26. The minimum Gasteiger partial charge on any atom is -0.507 e. The predicted octanol–water partition coefficient (Wildman–Crippen LogP) is 2.56. The van der Waals surface area contributed by atoms with Crippen LogP contribution in [0.2, 0.25) is 0 Å². The molecule has 1 amide bonds. The lowest BCUT2D eigenvalue weighted by Crippen LogP contribution is -2.31. The summed E-state index contributed by atoms with van der Waals surface area (Å²) in [6.45, 7) is 0.733. The summed E-state index contributed by atoms with van der Waals surface area (Å²) in [5.74, 6) is -0.666. The number of rotatable bonds is 8. The van der Waals surface area contributed by atoms with Gasteiger partial charge in [0.1, 0.15) is 5.76 Å². The van der Waals surface area contributed by atoms with Gasteiger partial charge in [-0.15, -0.1) is 0 Å². The molecule has 3 rings (SSSR count). The Kier molecular flexibility index (Phi) is 6.68. The fourth-order valence-corrected chi connectivity index (χ4v) is 3.52. The van der Waals surface area contributed by atoms with Crippen molar-refractivity contribution in [3.8, 4) is 11.5 Å². The van der Waals surface area contributed by atoms with Gasteiger partial charge in [-0.2, -0.15) is 0 Å². The van der Waals surface area contributed by atoms with Gasteiger partial charge in [0.15, 0.2) is 11.5 Å². The standard InChI is InChI=1S/C22H24N2O6/c1-28-12-4-11-24-19(15-5-6-16(29-2)17(13-15)30-3)18(21(26)22(24)27)20(25)14-7-9-23-10-8-14/h5-10,13,19,25H,4,11-12H2,1-3H3/b20-18+. The summed E-state index contributed by atoms with van der Waals surface area (Å²) in [6, 6.07) is 7.56.